The van der Waals surface area contributed by atoms with Gasteiger partial charge in [0.15, 0.2) is 9.84 Å². The predicted octanol–water partition coefficient (Wildman–Crippen LogP) is 6.10. The summed E-state index contributed by atoms with van der Waals surface area (Å²) in [5.41, 5.74) is 1.12. The minimum atomic E-state index is -3.53. The van der Waals surface area contributed by atoms with E-state index in [-0.39, 0.29) is 24.0 Å². The van der Waals surface area contributed by atoms with Crippen LogP contribution in [0.15, 0.2) is 51.8 Å². The maximum absolute atomic E-state index is 13.0. The zero-order chi connectivity index (χ0) is 26.7. The van der Waals surface area contributed by atoms with E-state index in [9.17, 15) is 18.0 Å². The zero-order valence-electron chi connectivity index (χ0n) is 21.2. The van der Waals surface area contributed by atoms with Crippen LogP contribution >= 0.6 is 15.9 Å². The number of halogens is 1. The van der Waals surface area contributed by atoms with Gasteiger partial charge in [-0.3, -0.25) is 5.32 Å². The van der Waals surface area contributed by atoms with Gasteiger partial charge in [0.2, 0.25) is 0 Å². The highest BCUT2D eigenvalue weighted by Crippen LogP contribution is 2.36. The molecule has 8 nitrogen and oxygen atoms in total. The Balaban J connectivity index is 1.73. The first-order chi connectivity index (χ1) is 16.8. The van der Waals surface area contributed by atoms with E-state index in [1.807, 2.05) is 31.2 Å². The van der Waals surface area contributed by atoms with Crippen molar-refractivity contribution in [3.8, 4) is 0 Å². The fraction of sp³-hybridized carbons (Fsp3) is 0.462. The number of hydrogen-bond donors (Lipinski definition) is 1. The molecule has 2 aromatic carbocycles. The molecule has 0 unspecified atom stereocenters. The summed E-state index contributed by atoms with van der Waals surface area (Å²) in [4.78, 5) is 26.4. The van der Waals surface area contributed by atoms with E-state index in [0.717, 1.165) is 10.0 Å². The van der Waals surface area contributed by atoms with E-state index >= 15 is 0 Å². The first-order valence-electron chi connectivity index (χ1n) is 11.8. The summed E-state index contributed by atoms with van der Waals surface area (Å²) in [5, 5.41) is 2.25. The summed E-state index contributed by atoms with van der Waals surface area (Å²) in [7, 11) is -1.99. The van der Waals surface area contributed by atoms with Crippen LogP contribution in [0.3, 0.4) is 0 Å². The molecule has 0 saturated heterocycles. The fourth-order valence-electron chi connectivity index (χ4n) is 3.52. The molecule has 1 atom stereocenters. The van der Waals surface area contributed by atoms with E-state index in [2.05, 4.69) is 21.2 Å². The molecule has 1 saturated carbocycles. The molecule has 1 N–H and O–H groups in total. The van der Waals surface area contributed by atoms with Gasteiger partial charge in [0, 0.05) is 23.1 Å². The van der Waals surface area contributed by atoms with Crippen molar-refractivity contribution in [2.24, 2.45) is 0 Å². The number of sulfone groups is 1. The molecule has 0 radical (unpaired) electrons. The third-order valence-electron chi connectivity index (χ3n) is 5.59. The minimum Gasteiger partial charge on any atom is -0.449 e. The number of amides is 2. The number of hydrogen-bond acceptors (Lipinski definition) is 6. The topological polar surface area (TPSA) is 102 Å². The molecule has 1 aliphatic carbocycles. The number of rotatable bonds is 8. The van der Waals surface area contributed by atoms with Crippen molar-refractivity contribution in [1.29, 1.82) is 0 Å². The normalized spacial score (nSPS) is 14.6. The summed E-state index contributed by atoms with van der Waals surface area (Å²) in [6.45, 7) is 7.41. The summed E-state index contributed by atoms with van der Waals surface area (Å²) in [5.74, 6) is -0.00653. The Labute approximate surface area is 221 Å². The number of carbonyl (C=O) groups is 2. The number of ether oxygens (including phenoxy) is 2. The van der Waals surface area contributed by atoms with Gasteiger partial charge in [0.05, 0.1) is 23.3 Å². The van der Waals surface area contributed by atoms with Crippen LogP contribution < -0.4 is 5.32 Å². The maximum atomic E-state index is 13.0. The molecule has 2 amide bonds. The van der Waals surface area contributed by atoms with E-state index in [0.29, 0.717) is 24.1 Å². The molecule has 3 rings (SSSR count). The third-order valence-corrected chi connectivity index (χ3v) is 8.48. The van der Waals surface area contributed by atoms with Gasteiger partial charge in [-0.2, -0.15) is 0 Å². The van der Waals surface area contributed by atoms with Crippen LogP contribution in [0.1, 0.15) is 57.6 Å². The van der Waals surface area contributed by atoms with Crippen molar-refractivity contribution in [3.63, 3.8) is 0 Å². The summed E-state index contributed by atoms with van der Waals surface area (Å²) in [6, 6.07) is 12.4. The third kappa shape index (κ3) is 7.70. The minimum absolute atomic E-state index is 0.00135. The molecule has 196 valence electrons. The molecular formula is C26H33BrN2O6S. The van der Waals surface area contributed by atoms with Crippen molar-refractivity contribution >= 4 is 43.6 Å². The first-order valence-corrected chi connectivity index (χ1v) is 14.1. The highest BCUT2D eigenvalue weighted by molar-refractivity contribution is 9.10. The van der Waals surface area contributed by atoms with E-state index in [1.54, 1.807) is 33.9 Å². The van der Waals surface area contributed by atoms with Gasteiger partial charge < -0.3 is 14.4 Å². The zero-order valence-corrected chi connectivity index (χ0v) is 23.6. The lowest BCUT2D eigenvalue weighted by Gasteiger charge is -2.25. The lowest BCUT2D eigenvalue weighted by atomic mass is 10.0. The van der Waals surface area contributed by atoms with Crippen LogP contribution in [0.2, 0.25) is 0 Å². The maximum Gasteiger partial charge on any atom is 0.411 e. The van der Waals surface area contributed by atoms with Gasteiger partial charge in [-0.15, -0.1) is 0 Å². The molecule has 0 aliphatic heterocycles. The average molecular weight is 582 g/mol. The van der Waals surface area contributed by atoms with Gasteiger partial charge in [0.1, 0.15) is 5.60 Å². The Morgan fingerprint density at radius 3 is 2.36 bits per heavy atom. The SMILES string of the molecule is C[C@@H](COC(=O)Nc1ccc(S(=O)(=O)C2CC2)c(CN(C)C(=O)OC(C)(C)C)c1)c1ccc(Br)cc1. The number of nitrogens with zero attached hydrogens (tertiary/aromatic N) is 1. The largest absolute Gasteiger partial charge is 0.449 e. The first kappa shape index (κ1) is 28.0. The van der Waals surface area contributed by atoms with Crippen molar-refractivity contribution < 1.29 is 27.5 Å². The molecule has 0 bridgehead atoms. The number of anilines is 1. The van der Waals surface area contributed by atoms with Crippen LogP contribution in [-0.2, 0) is 25.9 Å². The Morgan fingerprint density at radius 2 is 1.78 bits per heavy atom. The van der Waals surface area contributed by atoms with Crippen LogP contribution in [0.25, 0.3) is 0 Å². The fourth-order valence-corrected chi connectivity index (χ4v) is 5.65. The van der Waals surface area contributed by atoms with Crippen LogP contribution in [-0.4, -0.2) is 50.0 Å². The van der Waals surface area contributed by atoms with E-state index in [1.165, 1.54) is 17.0 Å². The Kier molecular flexibility index (Phi) is 8.71. The Bertz CT molecular complexity index is 1200. The smallest absolute Gasteiger partial charge is 0.411 e. The lowest BCUT2D eigenvalue weighted by molar-refractivity contribution is 0.0283. The Morgan fingerprint density at radius 1 is 1.14 bits per heavy atom. The predicted molar refractivity (Wildman–Crippen MR) is 142 cm³/mol. The standard InChI is InChI=1S/C26H33BrN2O6S/c1-17(18-6-8-20(27)9-7-18)16-34-24(30)28-21-10-13-23(36(32,33)22-11-12-22)19(14-21)15-29(5)25(31)35-26(2,3)4/h6-10,13-14,17,22H,11-12,15-16H2,1-5H3,(H,28,30)/t17-/m0/s1. The van der Waals surface area contributed by atoms with Gasteiger partial charge >= 0.3 is 12.2 Å². The summed E-state index contributed by atoms with van der Waals surface area (Å²) < 4.78 is 37.8. The lowest BCUT2D eigenvalue weighted by Crippen LogP contribution is -2.34. The molecule has 0 aromatic heterocycles. The quantitative estimate of drug-likeness (QED) is 0.404. The van der Waals surface area contributed by atoms with Gasteiger partial charge in [-0.25, -0.2) is 18.0 Å². The van der Waals surface area contributed by atoms with Gasteiger partial charge in [-0.1, -0.05) is 35.0 Å². The molecule has 0 spiro atoms. The molecule has 36 heavy (non-hydrogen) atoms. The van der Waals surface area contributed by atoms with Crippen LogP contribution in [0, 0.1) is 0 Å². The van der Waals surface area contributed by atoms with Crippen molar-refractivity contribution in [3.05, 3.63) is 58.1 Å². The average Bonchev–Trinajstić information content (AvgIpc) is 3.63. The summed E-state index contributed by atoms with van der Waals surface area (Å²) in [6.07, 6.45) is 0.0132. The molecule has 2 aromatic rings. The van der Waals surface area contributed by atoms with Crippen molar-refractivity contribution in [2.45, 2.75) is 68.7 Å². The van der Waals surface area contributed by atoms with Crippen LogP contribution in [0.4, 0.5) is 15.3 Å². The molecule has 1 aliphatic rings. The monoisotopic (exact) mass is 580 g/mol. The number of benzene rings is 2. The Hall–Kier alpha value is -2.59. The molecule has 0 heterocycles. The molecule has 1 fully saturated rings. The highest BCUT2D eigenvalue weighted by Gasteiger charge is 2.38. The highest BCUT2D eigenvalue weighted by atomic mass is 79.9. The van der Waals surface area contributed by atoms with Gasteiger partial charge in [0.25, 0.3) is 0 Å². The van der Waals surface area contributed by atoms with Crippen LogP contribution in [0.5, 0.6) is 0 Å². The second-order valence-corrected chi connectivity index (χ2v) is 13.2. The number of carbonyl (C=O) groups excluding carboxylic acids is 2. The second kappa shape index (κ2) is 11.2. The van der Waals surface area contributed by atoms with E-state index in [4.69, 9.17) is 9.47 Å². The molecule has 10 heteroatoms. The van der Waals surface area contributed by atoms with Gasteiger partial charge in [-0.05, 0) is 75.1 Å². The molecular weight excluding hydrogens is 548 g/mol. The second-order valence-electron chi connectivity index (χ2n) is 10.1. The number of nitrogens with one attached hydrogen (secondary N) is 1. The summed E-state index contributed by atoms with van der Waals surface area (Å²) >= 11 is 3.40. The van der Waals surface area contributed by atoms with Crippen molar-refractivity contribution in [2.75, 3.05) is 19.0 Å². The van der Waals surface area contributed by atoms with E-state index < -0.39 is 32.9 Å². The van der Waals surface area contributed by atoms with Crippen molar-refractivity contribution in [1.82, 2.24) is 4.90 Å².